The molecule has 9 nitrogen and oxygen atoms in total. The molecule has 37 heavy (non-hydrogen) atoms. The second kappa shape index (κ2) is 15.9. The Labute approximate surface area is 221 Å². The Morgan fingerprint density at radius 1 is 0.946 bits per heavy atom. The lowest BCUT2D eigenvalue weighted by molar-refractivity contribution is -0.143. The van der Waals surface area contributed by atoms with Crippen molar-refractivity contribution in [1.82, 2.24) is 15.5 Å². The van der Waals surface area contributed by atoms with E-state index >= 15 is 0 Å². The third-order valence-corrected chi connectivity index (χ3v) is 5.99. The number of nitrogens with zero attached hydrogens (tertiary/aromatic N) is 1. The van der Waals surface area contributed by atoms with Gasteiger partial charge >= 0.3 is 12.1 Å². The average molecular weight is 520 g/mol. The molecule has 1 rings (SSSR count). The molecular formula is C28H45N3O6. The van der Waals surface area contributed by atoms with E-state index in [1.54, 1.807) is 20.8 Å². The molecule has 9 heteroatoms. The number of esters is 1. The number of rotatable bonds is 14. The number of nitrogens with one attached hydrogen (secondary N) is 2. The number of hydrogen-bond acceptors (Lipinski definition) is 6. The molecule has 0 aliphatic heterocycles. The molecule has 0 fully saturated rings. The monoisotopic (exact) mass is 519 g/mol. The average Bonchev–Trinajstić information content (AvgIpc) is 2.83. The lowest BCUT2D eigenvalue weighted by Crippen LogP contribution is -2.49. The van der Waals surface area contributed by atoms with Gasteiger partial charge < -0.3 is 25.0 Å². The fourth-order valence-electron chi connectivity index (χ4n) is 3.87. The number of amides is 3. The van der Waals surface area contributed by atoms with Crippen molar-refractivity contribution in [2.75, 3.05) is 26.7 Å². The third-order valence-electron chi connectivity index (χ3n) is 5.99. The lowest BCUT2D eigenvalue weighted by atomic mass is 9.95. The van der Waals surface area contributed by atoms with Crippen molar-refractivity contribution in [1.29, 1.82) is 0 Å². The van der Waals surface area contributed by atoms with Gasteiger partial charge in [0, 0.05) is 6.54 Å². The van der Waals surface area contributed by atoms with Gasteiger partial charge in [0.1, 0.15) is 24.7 Å². The van der Waals surface area contributed by atoms with Crippen LogP contribution in [0.2, 0.25) is 0 Å². The number of carbonyl (C=O) groups is 4. The molecule has 0 radical (unpaired) electrons. The van der Waals surface area contributed by atoms with Crippen LogP contribution in [0.25, 0.3) is 0 Å². The first kappa shape index (κ1) is 31.9. The lowest BCUT2D eigenvalue weighted by Gasteiger charge is -2.33. The van der Waals surface area contributed by atoms with Crippen LogP contribution in [0.5, 0.6) is 0 Å². The van der Waals surface area contributed by atoms with Crippen molar-refractivity contribution in [3.05, 3.63) is 34.9 Å². The van der Waals surface area contributed by atoms with Crippen LogP contribution in [0.15, 0.2) is 18.2 Å². The first-order valence-electron chi connectivity index (χ1n) is 13.1. The van der Waals surface area contributed by atoms with E-state index < -0.39 is 35.5 Å². The second-order valence-corrected chi connectivity index (χ2v) is 10.2. The summed E-state index contributed by atoms with van der Waals surface area (Å²) in [6, 6.07) is 4.61. The van der Waals surface area contributed by atoms with Gasteiger partial charge in [-0.3, -0.25) is 14.4 Å². The SMILES string of the molecule is CCCCCCCCN(C(=O)CNC(=O)OC(C)(C)C)C(C(=O)NCC(=O)OC)c1cccc(C)c1C. The van der Waals surface area contributed by atoms with Gasteiger partial charge in [0.05, 0.1) is 7.11 Å². The Hall–Kier alpha value is -3.10. The van der Waals surface area contributed by atoms with E-state index in [2.05, 4.69) is 22.3 Å². The molecule has 1 aromatic carbocycles. The Morgan fingerprint density at radius 3 is 2.22 bits per heavy atom. The molecule has 1 unspecified atom stereocenters. The van der Waals surface area contributed by atoms with E-state index in [0.717, 1.165) is 43.2 Å². The number of hydrogen-bond donors (Lipinski definition) is 2. The Morgan fingerprint density at radius 2 is 1.59 bits per heavy atom. The minimum atomic E-state index is -0.979. The first-order chi connectivity index (χ1) is 17.4. The molecular weight excluding hydrogens is 474 g/mol. The van der Waals surface area contributed by atoms with E-state index in [9.17, 15) is 19.2 Å². The van der Waals surface area contributed by atoms with E-state index in [-0.39, 0.29) is 13.1 Å². The summed E-state index contributed by atoms with van der Waals surface area (Å²) >= 11 is 0. The van der Waals surface area contributed by atoms with Crippen LogP contribution in [0.3, 0.4) is 0 Å². The van der Waals surface area contributed by atoms with E-state index in [1.165, 1.54) is 12.0 Å². The van der Waals surface area contributed by atoms with Crippen molar-refractivity contribution < 1.29 is 28.7 Å². The fraction of sp³-hybridized carbons (Fsp3) is 0.643. The molecule has 2 N–H and O–H groups in total. The zero-order chi connectivity index (χ0) is 28.0. The van der Waals surface area contributed by atoms with Crippen LogP contribution in [-0.4, -0.2) is 61.1 Å². The van der Waals surface area contributed by atoms with Crippen molar-refractivity contribution in [3.63, 3.8) is 0 Å². The van der Waals surface area contributed by atoms with Crippen LogP contribution < -0.4 is 10.6 Å². The van der Waals surface area contributed by atoms with Gasteiger partial charge in [0.15, 0.2) is 0 Å². The highest BCUT2D eigenvalue weighted by Gasteiger charge is 2.33. The first-order valence-corrected chi connectivity index (χ1v) is 13.1. The highest BCUT2D eigenvalue weighted by Crippen LogP contribution is 2.27. The minimum Gasteiger partial charge on any atom is -0.468 e. The van der Waals surface area contributed by atoms with Gasteiger partial charge in [0.25, 0.3) is 0 Å². The normalized spacial score (nSPS) is 11.9. The fourth-order valence-corrected chi connectivity index (χ4v) is 3.87. The minimum absolute atomic E-state index is 0.314. The maximum absolute atomic E-state index is 13.5. The number of methoxy groups -OCH3 is 1. The molecule has 0 aromatic heterocycles. The molecule has 0 bridgehead atoms. The molecule has 0 aliphatic rings. The number of alkyl carbamates (subject to hydrolysis) is 1. The van der Waals surface area contributed by atoms with E-state index in [4.69, 9.17) is 4.74 Å². The Bertz CT molecular complexity index is 910. The molecule has 0 aliphatic carbocycles. The summed E-state index contributed by atoms with van der Waals surface area (Å²) in [6.45, 7) is 10.9. The zero-order valence-corrected chi connectivity index (χ0v) is 23.6. The summed E-state index contributed by atoms with van der Waals surface area (Å²) < 4.78 is 9.91. The number of benzene rings is 1. The highest BCUT2D eigenvalue weighted by molar-refractivity contribution is 5.92. The van der Waals surface area contributed by atoms with Crippen LogP contribution in [0.1, 0.15) is 89.0 Å². The predicted octanol–water partition coefficient (Wildman–Crippen LogP) is 4.35. The van der Waals surface area contributed by atoms with Crippen LogP contribution in [0, 0.1) is 13.8 Å². The smallest absolute Gasteiger partial charge is 0.408 e. The van der Waals surface area contributed by atoms with Crippen molar-refractivity contribution in [3.8, 4) is 0 Å². The summed E-state index contributed by atoms with van der Waals surface area (Å²) in [5.41, 5.74) is 1.81. The Kier molecular flexibility index (Phi) is 13.7. The number of carbonyl (C=O) groups excluding carboxylic acids is 4. The summed E-state index contributed by atoms with van der Waals surface area (Å²) in [4.78, 5) is 52.3. The number of aryl methyl sites for hydroxylation is 1. The molecule has 0 heterocycles. The molecule has 3 amide bonds. The van der Waals surface area contributed by atoms with Gasteiger partial charge in [-0.25, -0.2) is 4.79 Å². The summed E-state index contributed by atoms with van der Waals surface area (Å²) in [5.74, 6) is -1.50. The predicted molar refractivity (Wildman–Crippen MR) is 143 cm³/mol. The Balaban J connectivity index is 3.25. The van der Waals surface area contributed by atoms with E-state index in [0.29, 0.717) is 18.5 Å². The molecule has 1 atom stereocenters. The zero-order valence-electron chi connectivity index (χ0n) is 23.6. The van der Waals surface area contributed by atoms with Gasteiger partial charge in [0.2, 0.25) is 11.8 Å². The molecule has 0 saturated carbocycles. The van der Waals surface area contributed by atoms with E-state index in [1.807, 2.05) is 32.0 Å². The maximum Gasteiger partial charge on any atom is 0.408 e. The van der Waals surface area contributed by atoms with Crippen molar-refractivity contribution >= 4 is 23.9 Å². The van der Waals surface area contributed by atoms with Crippen molar-refractivity contribution in [2.24, 2.45) is 0 Å². The standard InChI is InChI=1S/C28H45N3O6/c1-8-9-10-11-12-13-17-31(23(32)18-30-27(35)37-28(4,5)6)25(26(34)29-19-24(33)36-7)22-16-14-15-20(2)21(22)3/h14-16,25H,8-13,17-19H2,1-7H3,(H,29,34)(H,30,35). The quantitative estimate of drug-likeness (QED) is 0.279. The van der Waals surface area contributed by atoms with Crippen LogP contribution >= 0.6 is 0 Å². The molecule has 208 valence electrons. The topological polar surface area (TPSA) is 114 Å². The van der Waals surface area contributed by atoms with Gasteiger partial charge in [-0.1, -0.05) is 57.2 Å². The molecule has 0 saturated heterocycles. The third kappa shape index (κ3) is 11.7. The summed E-state index contributed by atoms with van der Waals surface area (Å²) in [6.07, 6.45) is 5.35. The van der Waals surface area contributed by atoms with Gasteiger partial charge in [-0.2, -0.15) is 0 Å². The van der Waals surface area contributed by atoms with Crippen LogP contribution in [0.4, 0.5) is 4.79 Å². The summed E-state index contributed by atoms with van der Waals surface area (Å²) in [7, 11) is 1.24. The van der Waals surface area contributed by atoms with Gasteiger partial charge in [-0.15, -0.1) is 0 Å². The van der Waals surface area contributed by atoms with Crippen molar-refractivity contribution in [2.45, 2.75) is 91.7 Å². The van der Waals surface area contributed by atoms with Gasteiger partial charge in [-0.05, 0) is 57.7 Å². The molecule has 1 aromatic rings. The maximum atomic E-state index is 13.5. The molecule has 0 spiro atoms. The second-order valence-electron chi connectivity index (χ2n) is 10.2. The number of unbranched alkanes of at least 4 members (excludes halogenated alkanes) is 5. The largest absolute Gasteiger partial charge is 0.468 e. The highest BCUT2D eigenvalue weighted by atomic mass is 16.6. The van der Waals surface area contributed by atoms with Crippen LogP contribution in [-0.2, 0) is 23.9 Å². The number of ether oxygens (including phenoxy) is 2. The summed E-state index contributed by atoms with van der Waals surface area (Å²) in [5, 5.41) is 5.12.